The summed E-state index contributed by atoms with van der Waals surface area (Å²) in [6.45, 7) is 3.30. The number of ketones is 1. The van der Waals surface area contributed by atoms with E-state index in [9.17, 15) is 4.79 Å². The lowest BCUT2D eigenvalue weighted by molar-refractivity contribution is -0.697. The van der Waals surface area contributed by atoms with Gasteiger partial charge in [0.15, 0.2) is 18.2 Å². The van der Waals surface area contributed by atoms with E-state index < -0.39 is 0 Å². The molecule has 24 heavy (non-hydrogen) atoms. The van der Waals surface area contributed by atoms with E-state index in [0.717, 1.165) is 17.8 Å². The first-order valence-electron chi connectivity index (χ1n) is 9.15. The number of hydrogen-bond donors (Lipinski definition) is 1. The van der Waals surface area contributed by atoms with Gasteiger partial charge < -0.3 is 5.32 Å². The lowest BCUT2D eigenvalue weighted by atomic mass is 9.93. The van der Waals surface area contributed by atoms with Crippen molar-refractivity contribution in [2.45, 2.75) is 58.0 Å². The molecule has 126 valence electrons. The van der Waals surface area contributed by atoms with Crippen molar-refractivity contribution in [2.24, 2.45) is 0 Å². The molecular weight excluding hydrogens is 296 g/mol. The molecule has 0 fully saturated rings. The summed E-state index contributed by atoms with van der Waals surface area (Å²) in [5.74, 6) is 0.226. The van der Waals surface area contributed by atoms with Gasteiger partial charge in [-0.3, -0.25) is 4.79 Å². The molecule has 0 aliphatic carbocycles. The predicted molar refractivity (Wildman–Crippen MR) is 97.1 cm³/mol. The second kappa shape index (κ2) is 8.09. The Labute approximate surface area is 144 Å². The van der Waals surface area contributed by atoms with Crippen molar-refractivity contribution in [1.82, 2.24) is 0 Å². The van der Waals surface area contributed by atoms with Crippen LogP contribution in [0, 0.1) is 0 Å². The van der Waals surface area contributed by atoms with Crippen LogP contribution in [0.1, 0.15) is 67.4 Å². The zero-order valence-corrected chi connectivity index (χ0v) is 14.5. The number of hydrogen-bond acceptors (Lipinski definition) is 2. The van der Waals surface area contributed by atoms with Crippen molar-refractivity contribution in [3.05, 3.63) is 59.9 Å². The highest BCUT2D eigenvalue weighted by Crippen LogP contribution is 2.31. The lowest BCUT2D eigenvalue weighted by Gasteiger charge is -2.25. The average molecular weight is 323 g/mol. The Kier molecular flexibility index (Phi) is 5.63. The number of carbonyl (C=O) groups excluding carboxylic acids is 1. The van der Waals surface area contributed by atoms with E-state index in [-0.39, 0.29) is 11.8 Å². The fraction of sp³-hybridized carbons (Fsp3) is 0.429. The first-order chi connectivity index (χ1) is 11.8. The summed E-state index contributed by atoms with van der Waals surface area (Å²) in [7, 11) is 0. The van der Waals surface area contributed by atoms with E-state index in [0.29, 0.717) is 6.42 Å². The van der Waals surface area contributed by atoms with Crippen LogP contribution in [0.15, 0.2) is 48.8 Å². The highest BCUT2D eigenvalue weighted by molar-refractivity contribution is 6.03. The molecule has 1 aromatic heterocycles. The molecule has 1 aromatic carbocycles. The zero-order chi connectivity index (χ0) is 16.8. The monoisotopic (exact) mass is 323 g/mol. The maximum absolute atomic E-state index is 12.4. The van der Waals surface area contributed by atoms with Gasteiger partial charge in [-0.2, -0.15) is 0 Å². The summed E-state index contributed by atoms with van der Waals surface area (Å²) in [6, 6.07) is 12.1. The number of aryl methyl sites for hydroxylation is 1. The van der Waals surface area contributed by atoms with Gasteiger partial charge in [0.05, 0.1) is 6.04 Å². The zero-order valence-electron chi connectivity index (χ0n) is 14.5. The molecule has 3 nitrogen and oxygen atoms in total. The summed E-state index contributed by atoms with van der Waals surface area (Å²) in [6.07, 6.45) is 11.3. The molecule has 3 rings (SSSR count). The summed E-state index contributed by atoms with van der Waals surface area (Å²) < 4.78 is 2.26. The first kappa shape index (κ1) is 16.7. The minimum atomic E-state index is 0.0694. The van der Waals surface area contributed by atoms with Crippen molar-refractivity contribution in [3.63, 3.8) is 0 Å². The summed E-state index contributed by atoms with van der Waals surface area (Å²) in [4.78, 5) is 12.4. The maximum atomic E-state index is 12.4. The van der Waals surface area contributed by atoms with Crippen LogP contribution in [0.2, 0.25) is 0 Å². The van der Waals surface area contributed by atoms with Gasteiger partial charge in [-0.1, -0.05) is 38.3 Å². The Bertz CT molecular complexity index is 696. The van der Waals surface area contributed by atoms with Crippen molar-refractivity contribution in [3.8, 4) is 0 Å². The van der Waals surface area contributed by atoms with Gasteiger partial charge >= 0.3 is 0 Å². The van der Waals surface area contributed by atoms with E-state index >= 15 is 0 Å². The van der Waals surface area contributed by atoms with Gasteiger partial charge in [0.25, 0.3) is 0 Å². The number of Topliss-reactive ketones (excluding diaryl/α,β-unsaturated/α-hetero) is 1. The number of pyridine rings is 1. The number of nitrogens with zero attached hydrogens (tertiary/aromatic N) is 1. The fourth-order valence-electron chi connectivity index (χ4n) is 3.37. The molecular formula is C21H27N2O+. The predicted octanol–water partition coefficient (Wildman–Crippen LogP) is 4.68. The first-order valence-corrected chi connectivity index (χ1v) is 9.15. The molecule has 0 amide bonds. The molecule has 1 aliphatic heterocycles. The summed E-state index contributed by atoms with van der Waals surface area (Å²) in [5.41, 5.74) is 2.95. The molecule has 0 spiro atoms. The molecule has 2 aromatic rings. The van der Waals surface area contributed by atoms with Crippen LogP contribution in [-0.4, -0.2) is 5.78 Å². The molecule has 1 unspecified atom stereocenters. The maximum Gasteiger partial charge on any atom is 0.174 e. The number of unbranched alkanes of at least 4 members (excludes halogenated alkanes) is 4. The summed E-state index contributed by atoms with van der Waals surface area (Å²) >= 11 is 0. The SMILES string of the molecule is CCCCCCC[n+]1cccc(C2CC(=O)c3ccccc3N2)c1. The van der Waals surface area contributed by atoms with Crippen LogP contribution in [0.3, 0.4) is 0 Å². The van der Waals surface area contributed by atoms with Gasteiger partial charge in [0.1, 0.15) is 6.54 Å². The number of nitrogens with one attached hydrogen (secondary N) is 1. The normalized spacial score (nSPS) is 16.5. The minimum absolute atomic E-state index is 0.0694. The number of para-hydroxylation sites is 1. The van der Waals surface area contributed by atoms with E-state index in [1.807, 2.05) is 24.3 Å². The average Bonchev–Trinajstić information content (AvgIpc) is 2.62. The highest BCUT2D eigenvalue weighted by Gasteiger charge is 2.26. The van der Waals surface area contributed by atoms with Gasteiger partial charge in [-0.05, 0) is 24.6 Å². The van der Waals surface area contributed by atoms with E-state index in [4.69, 9.17) is 0 Å². The number of benzene rings is 1. The van der Waals surface area contributed by atoms with Gasteiger partial charge in [0, 0.05) is 35.7 Å². The Morgan fingerprint density at radius 3 is 2.79 bits per heavy atom. The second-order valence-corrected chi connectivity index (χ2v) is 6.66. The van der Waals surface area contributed by atoms with Crippen LogP contribution < -0.4 is 9.88 Å². The highest BCUT2D eigenvalue weighted by atomic mass is 16.1. The lowest BCUT2D eigenvalue weighted by Crippen LogP contribution is -2.34. The Morgan fingerprint density at radius 2 is 1.92 bits per heavy atom. The summed E-state index contributed by atoms with van der Waals surface area (Å²) in [5, 5.41) is 3.52. The Morgan fingerprint density at radius 1 is 1.08 bits per heavy atom. The molecule has 1 N–H and O–H groups in total. The Balaban J connectivity index is 1.65. The number of rotatable bonds is 7. The van der Waals surface area contributed by atoms with E-state index in [1.54, 1.807) is 0 Å². The molecule has 0 radical (unpaired) electrons. The molecule has 0 saturated heterocycles. The largest absolute Gasteiger partial charge is 0.377 e. The number of fused-ring (bicyclic) bond motifs is 1. The van der Waals surface area contributed by atoms with Crippen molar-refractivity contribution in [2.75, 3.05) is 5.32 Å². The quantitative estimate of drug-likeness (QED) is 0.592. The van der Waals surface area contributed by atoms with Crippen molar-refractivity contribution in [1.29, 1.82) is 0 Å². The van der Waals surface area contributed by atoms with Crippen molar-refractivity contribution < 1.29 is 9.36 Å². The minimum Gasteiger partial charge on any atom is -0.377 e. The molecule has 2 heterocycles. The second-order valence-electron chi connectivity index (χ2n) is 6.66. The van der Waals surface area contributed by atoms with Crippen LogP contribution in [0.25, 0.3) is 0 Å². The van der Waals surface area contributed by atoms with Crippen LogP contribution in [0.4, 0.5) is 5.69 Å². The third-order valence-electron chi connectivity index (χ3n) is 4.75. The van der Waals surface area contributed by atoms with Crippen LogP contribution in [-0.2, 0) is 6.54 Å². The van der Waals surface area contributed by atoms with Gasteiger partial charge in [-0.15, -0.1) is 0 Å². The number of carbonyl (C=O) groups is 1. The molecule has 0 saturated carbocycles. The Hall–Kier alpha value is -2.16. The molecule has 1 atom stereocenters. The number of anilines is 1. The van der Waals surface area contributed by atoms with Gasteiger partial charge in [0.2, 0.25) is 0 Å². The van der Waals surface area contributed by atoms with Crippen molar-refractivity contribution >= 4 is 11.5 Å². The standard InChI is InChI=1S/C21H26N2O/c1-2-3-4-5-8-13-23-14-9-10-17(16-23)20-15-21(24)18-11-6-7-12-19(18)22-20/h6-7,9-12,14,16,20H,2-5,8,13,15H2,1H3/p+1. The van der Waals surface area contributed by atoms with Gasteiger partial charge in [-0.25, -0.2) is 4.57 Å². The van der Waals surface area contributed by atoms with E-state index in [2.05, 4.69) is 41.3 Å². The molecule has 3 heteroatoms. The number of aromatic nitrogens is 1. The smallest absolute Gasteiger partial charge is 0.174 e. The topological polar surface area (TPSA) is 33.0 Å². The van der Waals surface area contributed by atoms with Crippen LogP contribution in [0.5, 0.6) is 0 Å². The van der Waals surface area contributed by atoms with E-state index in [1.165, 1.54) is 37.7 Å². The third kappa shape index (κ3) is 4.02. The molecule has 1 aliphatic rings. The fourth-order valence-corrected chi connectivity index (χ4v) is 3.37. The van der Waals surface area contributed by atoms with Crippen LogP contribution >= 0.6 is 0 Å². The third-order valence-corrected chi connectivity index (χ3v) is 4.75. The molecule has 0 bridgehead atoms.